The molecule has 6 heteroatoms. The van der Waals surface area contributed by atoms with E-state index in [-0.39, 0.29) is 11.8 Å². The number of benzene rings is 2. The zero-order valence-corrected chi connectivity index (χ0v) is 17.2. The third-order valence-corrected chi connectivity index (χ3v) is 5.50. The Kier molecular flexibility index (Phi) is 8.69. The van der Waals surface area contributed by atoms with Crippen LogP contribution in [-0.2, 0) is 21.8 Å². The molecule has 0 aliphatic heterocycles. The van der Waals surface area contributed by atoms with Crippen LogP contribution in [0.1, 0.15) is 18.1 Å². The predicted molar refractivity (Wildman–Crippen MR) is 113 cm³/mol. The summed E-state index contributed by atoms with van der Waals surface area (Å²) in [6.45, 7) is 2.28. The Morgan fingerprint density at radius 3 is 2.48 bits per heavy atom. The highest BCUT2D eigenvalue weighted by Gasteiger charge is 2.24. The first-order chi connectivity index (χ1) is 13.0. The largest absolute Gasteiger partial charge is 0.357 e. The first-order valence-corrected chi connectivity index (χ1v) is 10.4. The van der Waals surface area contributed by atoms with Crippen LogP contribution in [0.2, 0.25) is 5.02 Å². The van der Waals surface area contributed by atoms with E-state index in [0.717, 1.165) is 11.1 Å². The molecular formula is C21H25ClN2O2S. The Balaban J connectivity index is 1.96. The van der Waals surface area contributed by atoms with E-state index in [2.05, 4.69) is 5.32 Å². The normalized spacial score (nSPS) is 11.7. The summed E-state index contributed by atoms with van der Waals surface area (Å²) in [5.74, 6) is 0.834. The predicted octanol–water partition coefficient (Wildman–Crippen LogP) is 3.78. The summed E-state index contributed by atoms with van der Waals surface area (Å²) < 4.78 is 0. The second kappa shape index (κ2) is 11.0. The van der Waals surface area contributed by atoms with Crippen molar-refractivity contribution in [2.24, 2.45) is 0 Å². The lowest BCUT2D eigenvalue weighted by molar-refractivity contribution is -0.137. The Hall–Kier alpha value is -1.98. The molecule has 0 spiro atoms. The summed E-state index contributed by atoms with van der Waals surface area (Å²) >= 11 is 7.53. The van der Waals surface area contributed by atoms with Crippen molar-refractivity contribution >= 4 is 35.2 Å². The van der Waals surface area contributed by atoms with Crippen molar-refractivity contribution in [2.45, 2.75) is 25.1 Å². The molecular weight excluding hydrogens is 380 g/mol. The average Bonchev–Trinajstić information content (AvgIpc) is 2.68. The van der Waals surface area contributed by atoms with Gasteiger partial charge in [-0.25, -0.2) is 0 Å². The van der Waals surface area contributed by atoms with Crippen LogP contribution >= 0.6 is 23.4 Å². The maximum absolute atomic E-state index is 12.8. The SMILES string of the molecule is CNC(=O)[C@H](C)N(CCc1ccccc1)C(=O)CSCc1cccc(Cl)c1. The van der Waals surface area contributed by atoms with Gasteiger partial charge in [0, 0.05) is 24.4 Å². The molecule has 0 bridgehead atoms. The number of carbonyl (C=O) groups is 2. The summed E-state index contributed by atoms with van der Waals surface area (Å²) in [5, 5.41) is 3.32. The van der Waals surface area contributed by atoms with E-state index < -0.39 is 6.04 Å². The molecule has 0 heterocycles. The van der Waals surface area contributed by atoms with E-state index in [1.54, 1.807) is 18.9 Å². The minimum absolute atomic E-state index is 0.0333. The summed E-state index contributed by atoms with van der Waals surface area (Å²) in [7, 11) is 1.59. The lowest BCUT2D eigenvalue weighted by Crippen LogP contribution is -2.48. The highest BCUT2D eigenvalue weighted by molar-refractivity contribution is 7.99. The number of hydrogen-bond acceptors (Lipinski definition) is 3. The fraction of sp³-hybridized carbons (Fsp3) is 0.333. The molecule has 0 saturated heterocycles. The third-order valence-electron chi connectivity index (χ3n) is 4.28. The van der Waals surface area contributed by atoms with Gasteiger partial charge in [0.2, 0.25) is 11.8 Å². The fourth-order valence-corrected chi connectivity index (χ4v) is 3.82. The van der Waals surface area contributed by atoms with E-state index in [0.29, 0.717) is 29.5 Å². The van der Waals surface area contributed by atoms with Crippen LogP contribution in [0.4, 0.5) is 0 Å². The molecule has 2 aromatic carbocycles. The summed E-state index contributed by atoms with van der Waals surface area (Å²) in [6, 6.07) is 17.1. The zero-order valence-electron chi connectivity index (χ0n) is 15.7. The molecule has 1 N–H and O–H groups in total. The quantitative estimate of drug-likeness (QED) is 0.691. The molecule has 2 amide bonds. The molecule has 27 heavy (non-hydrogen) atoms. The molecule has 0 aliphatic carbocycles. The van der Waals surface area contributed by atoms with Crippen molar-refractivity contribution in [1.29, 1.82) is 0 Å². The van der Waals surface area contributed by atoms with Crippen molar-refractivity contribution in [2.75, 3.05) is 19.3 Å². The van der Waals surface area contributed by atoms with Crippen molar-refractivity contribution in [3.8, 4) is 0 Å². The monoisotopic (exact) mass is 404 g/mol. The molecule has 0 aromatic heterocycles. The van der Waals surface area contributed by atoms with Crippen molar-refractivity contribution in [3.63, 3.8) is 0 Å². The molecule has 2 aromatic rings. The van der Waals surface area contributed by atoms with Gasteiger partial charge in [-0.05, 0) is 36.6 Å². The van der Waals surface area contributed by atoms with Gasteiger partial charge in [-0.2, -0.15) is 0 Å². The highest BCUT2D eigenvalue weighted by Crippen LogP contribution is 2.17. The smallest absolute Gasteiger partial charge is 0.242 e. The zero-order chi connectivity index (χ0) is 19.6. The Bertz CT molecular complexity index is 755. The Morgan fingerprint density at radius 1 is 1.11 bits per heavy atom. The van der Waals surface area contributed by atoms with E-state index >= 15 is 0 Å². The standard InChI is InChI=1S/C21H25ClN2O2S/c1-16(21(26)23-2)24(12-11-17-7-4-3-5-8-17)20(25)15-27-14-18-9-6-10-19(22)13-18/h3-10,13,16H,11-12,14-15H2,1-2H3,(H,23,26)/t16-/m0/s1. The second-order valence-electron chi connectivity index (χ2n) is 6.24. The minimum Gasteiger partial charge on any atom is -0.357 e. The maximum atomic E-state index is 12.8. The van der Waals surface area contributed by atoms with E-state index in [1.165, 1.54) is 11.8 Å². The van der Waals surface area contributed by atoms with Gasteiger partial charge in [-0.15, -0.1) is 11.8 Å². The van der Waals surface area contributed by atoms with Gasteiger partial charge in [0.1, 0.15) is 6.04 Å². The van der Waals surface area contributed by atoms with E-state index in [1.807, 2.05) is 54.6 Å². The van der Waals surface area contributed by atoms with Gasteiger partial charge in [-0.3, -0.25) is 9.59 Å². The van der Waals surface area contributed by atoms with Crippen molar-refractivity contribution < 1.29 is 9.59 Å². The molecule has 0 unspecified atom stereocenters. The average molecular weight is 405 g/mol. The molecule has 1 atom stereocenters. The van der Waals surface area contributed by atoms with Gasteiger partial charge in [0.15, 0.2) is 0 Å². The Morgan fingerprint density at radius 2 is 1.81 bits per heavy atom. The van der Waals surface area contributed by atoms with Crippen LogP contribution in [-0.4, -0.2) is 42.1 Å². The maximum Gasteiger partial charge on any atom is 0.242 e. The van der Waals surface area contributed by atoms with Crippen LogP contribution in [0.5, 0.6) is 0 Å². The number of nitrogens with zero attached hydrogens (tertiary/aromatic N) is 1. The van der Waals surface area contributed by atoms with Crippen molar-refractivity contribution in [3.05, 3.63) is 70.7 Å². The summed E-state index contributed by atoms with van der Waals surface area (Å²) in [6.07, 6.45) is 0.715. The number of carbonyl (C=O) groups excluding carboxylic acids is 2. The summed E-state index contributed by atoms with van der Waals surface area (Å²) in [4.78, 5) is 26.5. The molecule has 4 nitrogen and oxygen atoms in total. The number of hydrogen-bond donors (Lipinski definition) is 1. The van der Waals surface area contributed by atoms with Crippen LogP contribution in [0.25, 0.3) is 0 Å². The van der Waals surface area contributed by atoms with E-state index in [4.69, 9.17) is 11.6 Å². The highest BCUT2D eigenvalue weighted by atomic mass is 35.5. The topological polar surface area (TPSA) is 49.4 Å². The molecule has 0 saturated carbocycles. The van der Waals surface area contributed by atoms with Gasteiger partial charge in [-0.1, -0.05) is 54.1 Å². The second-order valence-corrected chi connectivity index (χ2v) is 7.66. The minimum atomic E-state index is -0.502. The summed E-state index contributed by atoms with van der Waals surface area (Å²) in [5.41, 5.74) is 2.22. The number of nitrogens with one attached hydrogen (secondary N) is 1. The molecule has 144 valence electrons. The van der Waals surface area contributed by atoms with Crippen LogP contribution < -0.4 is 5.32 Å². The number of halogens is 1. The van der Waals surface area contributed by atoms with Crippen molar-refractivity contribution in [1.82, 2.24) is 10.2 Å². The number of amides is 2. The van der Waals surface area contributed by atoms with Gasteiger partial charge >= 0.3 is 0 Å². The number of thioether (sulfide) groups is 1. The lowest BCUT2D eigenvalue weighted by Gasteiger charge is -2.28. The van der Waals surface area contributed by atoms with E-state index in [9.17, 15) is 9.59 Å². The molecule has 0 aliphatic rings. The third kappa shape index (κ3) is 6.92. The number of rotatable bonds is 9. The number of likely N-dealkylation sites (N-methyl/N-ethyl adjacent to an activating group) is 1. The molecule has 2 rings (SSSR count). The van der Waals surface area contributed by atoms with Gasteiger partial charge in [0.25, 0.3) is 0 Å². The van der Waals surface area contributed by atoms with Crippen LogP contribution in [0.3, 0.4) is 0 Å². The van der Waals surface area contributed by atoms with Gasteiger partial charge in [0.05, 0.1) is 5.75 Å². The van der Waals surface area contributed by atoms with Crippen LogP contribution in [0.15, 0.2) is 54.6 Å². The molecule has 0 radical (unpaired) electrons. The van der Waals surface area contributed by atoms with Crippen LogP contribution in [0, 0.1) is 0 Å². The Labute approximate surface area is 170 Å². The fourth-order valence-electron chi connectivity index (χ4n) is 2.74. The first-order valence-electron chi connectivity index (χ1n) is 8.88. The first kappa shape index (κ1) is 21.3. The van der Waals surface area contributed by atoms with Gasteiger partial charge < -0.3 is 10.2 Å². The lowest BCUT2D eigenvalue weighted by atomic mass is 10.1. The molecule has 0 fully saturated rings.